The number of carbonyl (C=O) groups excluding carboxylic acids is 2. The van der Waals surface area contributed by atoms with E-state index in [0.29, 0.717) is 27.0 Å². The summed E-state index contributed by atoms with van der Waals surface area (Å²) in [5.41, 5.74) is 2.38. The van der Waals surface area contributed by atoms with Gasteiger partial charge in [0.2, 0.25) is 11.8 Å². The Balaban J connectivity index is 1.77. The van der Waals surface area contributed by atoms with Crippen LogP contribution in [0.25, 0.3) is 0 Å². The summed E-state index contributed by atoms with van der Waals surface area (Å²) in [6.07, 6.45) is 3.78. The number of amides is 2. The van der Waals surface area contributed by atoms with E-state index in [1.54, 1.807) is 37.3 Å². The second kappa shape index (κ2) is 14.7. The van der Waals surface area contributed by atoms with Gasteiger partial charge < -0.3 is 19.7 Å². The Labute approximate surface area is 275 Å². The predicted octanol–water partition coefficient (Wildman–Crippen LogP) is 6.30. The Morgan fingerprint density at radius 2 is 1.53 bits per heavy atom. The van der Waals surface area contributed by atoms with Gasteiger partial charge in [-0.05, 0) is 81.1 Å². The summed E-state index contributed by atoms with van der Waals surface area (Å²) in [5, 5.41) is 3.71. The molecule has 0 bridgehead atoms. The quantitative estimate of drug-likeness (QED) is 0.242. The lowest BCUT2D eigenvalue weighted by Gasteiger charge is -2.33. The molecule has 12 heteroatoms. The number of nitrogens with one attached hydrogen (secondary N) is 1. The van der Waals surface area contributed by atoms with E-state index in [9.17, 15) is 18.0 Å². The zero-order valence-electron chi connectivity index (χ0n) is 26.1. The highest BCUT2D eigenvalue weighted by molar-refractivity contribution is 7.92. The van der Waals surface area contributed by atoms with Gasteiger partial charge in [-0.3, -0.25) is 13.9 Å². The summed E-state index contributed by atoms with van der Waals surface area (Å²) < 4.78 is 40.4. The lowest BCUT2D eigenvalue weighted by Crippen LogP contribution is -2.52. The van der Waals surface area contributed by atoms with Crippen molar-refractivity contribution >= 4 is 50.7 Å². The molecule has 1 N–H and O–H groups in total. The third kappa shape index (κ3) is 8.04. The molecule has 0 saturated heterocycles. The van der Waals surface area contributed by atoms with Gasteiger partial charge in [0.05, 0.1) is 24.8 Å². The van der Waals surface area contributed by atoms with E-state index in [2.05, 4.69) is 5.32 Å². The number of halogens is 2. The van der Waals surface area contributed by atoms with Crippen molar-refractivity contribution in [1.29, 1.82) is 0 Å². The molecular weight excluding hydrogens is 637 g/mol. The summed E-state index contributed by atoms with van der Waals surface area (Å²) in [4.78, 5) is 29.0. The Kier molecular flexibility index (Phi) is 11.3. The van der Waals surface area contributed by atoms with Crippen molar-refractivity contribution in [3.63, 3.8) is 0 Å². The first-order valence-electron chi connectivity index (χ1n) is 14.7. The standard InChI is InChI=1S/C33H39Cl2N3O6S/c1-21-15-22(2)17-25(16-21)38(45(41,42)26-13-14-30(43-4)31(18-26)44-5)20-32(39)37(19-27-28(34)11-8-12-29(27)35)23(3)33(40)36-24-9-6-7-10-24/h8,11-18,23-24H,6-7,9-10,19-20H2,1-5H3,(H,36,40)/t23-/m0/s1. The maximum absolute atomic E-state index is 14.3. The third-order valence-electron chi connectivity index (χ3n) is 7.98. The summed E-state index contributed by atoms with van der Waals surface area (Å²) >= 11 is 13.0. The van der Waals surface area contributed by atoms with Crippen LogP contribution in [0.15, 0.2) is 59.5 Å². The monoisotopic (exact) mass is 675 g/mol. The number of anilines is 1. The Morgan fingerprint density at radius 3 is 2.11 bits per heavy atom. The van der Waals surface area contributed by atoms with E-state index in [0.717, 1.165) is 41.1 Å². The number of carbonyl (C=O) groups is 2. The van der Waals surface area contributed by atoms with Crippen molar-refractivity contribution < 1.29 is 27.5 Å². The van der Waals surface area contributed by atoms with Gasteiger partial charge in [-0.1, -0.05) is 48.2 Å². The Morgan fingerprint density at radius 1 is 0.933 bits per heavy atom. The molecule has 0 spiro atoms. The Bertz CT molecular complexity index is 1620. The lowest BCUT2D eigenvalue weighted by molar-refractivity contribution is -0.139. The molecule has 3 aromatic carbocycles. The minimum Gasteiger partial charge on any atom is -0.493 e. The van der Waals surface area contributed by atoms with Crippen molar-refractivity contribution in [2.45, 2.75) is 70.0 Å². The summed E-state index contributed by atoms with van der Waals surface area (Å²) in [6.45, 7) is 4.62. The number of hydrogen-bond donors (Lipinski definition) is 1. The number of benzene rings is 3. The molecule has 0 unspecified atom stereocenters. The highest BCUT2D eigenvalue weighted by atomic mass is 35.5. The molecule has 45 heavy (non-hydrogen) atoms. The highest BCUT2D eigenvalue weighted by Gasteiger charge is 2.34. The number of rotatable bonds is 12. The van der Waals surface area contributed by atoms with Crippen LogP contribution in [-0.4, -0.2) is 58.0 Å². The topological polar surface area (TPSA) is 105 Å². The molecule has 242 valence electrons. The molecule has 4 rings (SSSR count). The number of aryl methyl sites for hydroxylation is 2. The fourth-order valence-electron chi connectivity index (χ4n) is 5.56. The van der Waals surface area contributed by atoms with Crippen molar-refractivity contribution in [1.82, 2.24) is 10.2 Å². The van der Waals surface area contributed by atoms with Crippen LogP contribution in [0.5, 0.6) is 11.5 Å². The molecule has 0 heterocycles. The van der Waals surface area contributed by atoms with Gasteiger partial charge >= 0.3 is 0 Å². The molecule has 0 radical (unpaired) electrons. The largest absolute Gasteiger partial charge is 0.493 e. The normalized spacial score (nSPS) is 14.1. The molecular formula is C33H39Cl2N3O6S. The molecule has 1 aliphatic rings. The van der Waals surface area contributed by atoms with Crippen LogP contribution in [0, 0.1) is 13.8 Å². The maximum Gasteiger partial charge on any atom is 0.264 e. The van der Waals surface area contributed by atoms with E-state index in [-0.39, 0.29) is 29.1 Å². The SMILES string of the molecule is COc1ccc(S(=O)(=O)N(CC(=O)N(Cc2c(Cl)cccc2Cl)[C@@H](C)C(=O)NC2CCCC2)c2cc(C)cc(C)c2)cc1OC. The minimum absolute atomic E-state index is 0.0259. The number of sulfonamides is 1. The van der Waals surface area contributed by atoms with Gasteiger partial charge in [0, 0.05) is 34.3 Å². The molecule has 3 aromatic rings. The van der Waals surface area contributed by atoms with Crippen LogP contribution < -0.4 is 19.1 Å². The van der Waals surface area contributed by atoms with Gasteiger partial charge in [0.15, 0.2) is 11.5 Å². The van der Waals surface area contributed by atoms with E-state index in [1.807, 2.05) is 19.9 Å². The lowest BCUT2D eigenvalue weighted by atomic mass is 10.1. The predicted molar refractivity (Wildman–Crippen MR) is 177 cm³/mol. The molecule has 0 aromatic heterocycles. The van der Waals surface area contributed by atoms with E-state index in [4.69, 9.17) is 32.7 Å². The van der Waals surface area contributed by atoms with Crippen molar-refractivity contribution in [3.05, 3.63) is 81.3 Å². The van der Waals surface area contributed by atoms with Crippen LogP contribution in [0.1, 0.15) is 49.3 Å². The molecule has 1 atom stereocenters. The molecule has 1 fully saturated rings. The second-order valence-corrected chi connectivity index (χ2v) is 13.9. The minimum atomic E-state index is -4.33. The first-order valence-corrected chi connectivity index (χ1v) is 16.9. The fourth-order valence-corrected chi connectivity index (χ4v) is 7.49. The first kappa shape index (κ1) is 34.4. The maximum atomic E-state index is 14.3. The fraction of sp³-hybridized carbons (Fsp3) is 0.394. The van der Waals surface area contributed by atoms with Crippen LogP contribution in [-0.2, 0) is 26.2 Å². The summed E-state index contributed by atoms with van der Waals surface area (Å²) in [7, 11) is -1.46. The number of ether oxygens (including phenoxy) is 2. The number of methoxy groups -OCH3 is 2. The van der Waals surface area contributed by atoms with Gasteiger partial charge in [-0.25, -0.2) is 8.42 Å². The van der Waals surface area contributed by atoms with Crippen LogP contribution in [0.2, 0.25) is 10.0 Å². The highest BCUT2D eigenvalue weighted by Crippen LogP contribution is 2.33. The van der Waals surface area contributed by atoms with Crippen molar-refractivity contribution in [2.75, 3.05) is 25.1 Å². The third-order valence-corrected chi connectivity index (χ3v) is 10.5. The smallest absolute Gasteiger partial charge is 0.264 e. The zero-order valence-corrected chi connectivity index (χ0v) is 28.4. The van der Waals surface area contributed by atoms with Crippen molar-refractivity contribution in [3.8, 4) is 11.5 Å². The van der Waals surface area contributed by atoms with Crippen LogP contribution in [0.4, 0.5) is 5.69 Å². The molecule has 0 aliphatic heterocycles. The number of hydrogen-bond acceptors (Lipinski definition) is 6. The molecule has 2 amide bonds. The van der Waals surface area contributed by atoms with Gasteiger partial charge in [0.1, 0.15) is 12.6 Å². The van der Waals surface area contributed by atoms with Crippen LogP contribution >= 0.6 is 23.2 Å². The first-order chi connectivity index (χ1) is 21.3. The van der Waals surface area contributed by atoms with E-state index >= 15 is 0 Å². The van der Waals surface area contributed by atoms with E-state index in [1.165, 1.54) is 37.3 Å². The van der Waals surface area contributed by atoms with Crippen LogP contribution in [0.3, 0.4) is 0 Å². The van der Waals surface area contributed by atoms with Gasteiger partial charge in [-0.15, -0.1) is 0 Å². The zero-order chi connectivity index (χ0) is 32.9. The average molecular weight is 677 g/mol. The molecule has 1 saturated carbocycles. The second-order valence-electron chi connectivity index (χ2n) is 11.3. The van der Waals surface area contributed by atoms with Crippen molar-refractivity contribution in [2.24, 2.45) is 0 Å². The Hall–Kier alpha value is -3.47. The van der Waals surface area contributed by atoms with E-state index < -0.39 is 28.5 Å². The molecule has 1 aliphatic carbocycles. The van der Waals surface area contributed by atoms with Gasteiger partial charge in [-0.2, -0.15) is 0 Å². The summed E-state index contributed by atoms with van der Waals surface area (Å²) in [6, 6.07) is 13.6. The average Bonchev–Trinajstić information content (AvgIpc) is 3.51. The number of nitrogens with zero attached hydrogens (tertiary/aromatic N) is 2. The summed E-state index contributed by atoms with van der Waals surface area (Å²) in [5.74, 6) is -0.366. The molecule has 9 nitrogen and oxygen atoms in total. The van der Waals surface area contributed by atoms with Gasteiger partial charge in [0.25, 0.3) is 10.0 Å².